The monoisotopic (exact) mass is 299 g/mol. The van der Waals surface area contributed by atoms with Crippen LogP contribution in [0.4, 0.5) is 4.39 Å². The molecule has 1 N–H and O–H groups in total. The number of nitrogens with one attached hydrogen (secondary N) is 1. The lowest BCUT2D eigenvalue weighted by Crippen LogP contribution is -2.30. The van der Waals surface area contributed by atoms with Crippen molar-refractivity contribution < 1.29 is 9.18 Å². The van der Waals surface area contributed by atoms with Crippen molar-refractivity contribution in [2.75, 3.05) is 11.9 Å². The molecule has 17 heavy (non-hydrogen) atoms. The second kappa shape index (κ2) is 5.17. The van der Waals surface area contributed by atoms with Crippen LogP contribution >= 0.6 is 15.9 Å². The van der Waals surface area contributed by atoms with Crippen LogP contribution in [0.1, 0.15) is 29.6 Å². The summed E-state index contributed by atoms with van der Waals surface area (Å²) in [4.78, 5) is 11.8. The SMILES string of the molecule is O=C(NCC1(CCBr)CC1)c1ccc(F)cc1. The van der Waals surface area contributed by atoms with Gasteiger partial charge in [-0.15, -0.1) is 0 Å². The zero-order valence-electron chi connectivity index (χ0n) is 9.51. The van der Waals surface area contributed by atoms with Gasteiger partial charge in [-0.25, -0.2) is 4.39 Å². The molecule has 4 heteroatoms. The highest BCUT2D eigenvalue weighted by molar-refractivity contribution is 9.09. The minimum absolute atomic E-state index is 0.120. The maximum Gasteiger partial charge on any atom is 0.251 e. The molecule has 0 saturated heterocycles. The van der Waals surface area contributed by atoms with E-state index in [0.29, 0.717) is 11.0 Å². The summed E-state index contributed by atoms with van der Waals surface area (Å²) in [6.07, 6.45) is 3.46. The molecule has 2 rings (SSSR count). The predicted molar refractivity (Wildman–Crippen MR) is 68.8 cm³/mol. The fourth-order valence-corrected chi connectivity index (χ4v) is 2.70. The molecule has 1 aliphatic rings. The van der Waals surface area contributed by atoms with Gasteiger partial charge in [0, 0.05) is 17.4 Å². The molecule has 1 fully saturated rings. The minimum Gasteiger partial charge on any atom is -0.351 e. The summed E-state index contributed by atoms with van der Waals surface area (Å²) in [5.74, 6) is -0.439. The zero-order valence-corrected chi connectivity index (χ0v) is 11.1. The normalized spacial score (nSPS) is 16.6. The van der Waals surface area contributed by atoms with Gasteiger partial charge in [-0.3, -0.25) is 4.79 Å². The van der Waals surface area contributed by atoms with Gasteiger partial charge in [0.1, 0.15) is 5.82 Å². The van der Waals surface area contributed by atoms with E-state index in [1.165, 1.54) is 37.1 Å². The molecule has 1 aromatic rings. The van der Waals surface area contributed by atoms with E-state index >= 15 is 0 Å². The van der Waals surface area contributed by atoms with E-state index in [2.05, 4.69) is 21.2 Å². The van der Waals surface area contributed by atoms with Gasteiger partial charge in [0.25, 0.3) is 5.91 Å². The largest absolute Gasteiger partial charge is 0.351 e. The molecule has 0 bridgehead atoms. The second-order valence-corrected chi connectivity index (χ2v) is 5.42. The first-order chi connectivity index (χ1) is 8.15. The smallest absolute Gasteiger partial charge is 0.251 e. The van der Waals surface area contributed by atoms with Gasteiger partial charge in [0.05, 0.1) is 0 Å². The second-order valence-electron chi connectivity index (χ2n) is 4.63. The fraction of sp³-hybridized carbons (Fsp3) is 0.462. The van der Waals surface area contributed by atoms with Crippen LogP contribution in [0.3, 0.4) is 0 Å². The Morgan fingerprint density at radius 1 is 1.35 bits per heavy atom. The Labute approximate surface area is 109 Å². The number of hydrogen-bond acceptors (Lipinski definition) is 1. The van der Waals surface area contributed by atoms with E-state index in [1.54, 1.807) is 0 Å². The molecule has 0 unspecified atom stereocenters. The molecule has 2 nitrogen and oxygen atoms in total. The number of amides is 1. The molecule has 0 aliphatic heterocycles. The highest BCUT2D eigenvalue weighted by Crippen LogP contribution is 2.48. The van der Waals surface area contributed by atoms with Crippen molar-refractivity contribution in [1.82, 2.24) is 5.32 Å². The van der Waals surface area contributed by atoms with Gasteiger partial charge in [-0.05, 0) is 48.9 Å². The summed E-state index contributed by atoms with van der Waals surface area (Å²) in [5, 5.41) is 3.90. The highest BCUT2D eigenvalue weighted by Gasteiger charge is 2.41. The van der Waals surface area contributed by atoms with Gasteiger partial charge in [0.2, 0.25) is 0 Å². The molecule has 0 spiro atoms. The lowest BCUT2D eigenvalue weighted by atomic mass is 10.0. The quantitative estimate of drug-likeness (QED) is 0.832. The Bertz CT molecular complexity index is 400. The summed E-state index contributed by atoms with van der Waals surface area (Å²) in [7, 11) is 0. The third kappa shape index (κ3) is 3.28. The first kappa shape index (κ1) is 12.6. The van der Waals surface area contributed by atoms with Crippen LogP contribution in [0.5, 0.6) is 0 Å². The Morgan fingerprint density at radius 2 is 2.00 bits per heavy atom. The van der Waals surface area contributed by atoms with Gasteiger partial charge in [-0.2, -0.15) is 0 Å². The van der Waals surface area contributed by atoms with E-state index in [4.69, 9.17) is 0 Å². The highest BCUT2D eigenvalue weighted by atomic mass is 79.9. The predicted octanol–water partition coefficient (Wildman–Crippen LogP) is 3.12. The molecule has 1 amide bonds. The van der Waals surface area contributed by atoms with E-state index in [1.807, 2.05) is 0 Å². The number of benzene rings is 1. The van der Waals surface area contributed by atoms with Crippen molar-refractivity contribution in [1.29, 1.82) is 0 Å². The Hall–Kier alpha value is -0.900. The Morgan fingerprint density at radius 3 is 2.53 bits per heavy atom. The van der Waals surface area contributed by atoms with Gasteiger partial charge in [0.15, 0.2) is 0 Å². The van der Waals surface area contributed by atoms with Crippen LogP contribution in [0.25, 0.3) is 0 Å². The number of alkyl halides is 1. The van der Waals surface area contributed by atoms with Crippen LogP contribution in [0, 0.1) is 11.2 Å². The van der Waals surface area contributed by atoms with Crippen LogP contribution in [0.15, 0.2) is 24.3 Å². The third-order valence-corrected chi connectivity index (χ3v) is 3.71. The lowest BCUT2D eigenvalue weighted by molar-refractivity contribution is 0.0944. The maximum absolute atomic E-state index is 12.7. The Kier molecular flexibility index (Phi) is 3.82. The fourth-order valence-electron chi connectivity index (χ4n) is 1.86. The lowest BCUT2D eigenvalue weighted by Gasteiger charge is -2.14. The first-order valence-corrected chi connectivity index (χ1v) is 6.87. The van der Waals surface area contributed by atoms with Gasteiger partial charge < -0.3 is 5.32 Å². The average Bonchev–Trinajstić information content (AvgIpc) is 3.08. The molecular formula is C13H15BrFNO. The summed E-state index contributed by atoms with van der Waals surface area (Å²) in [6.45, 7) is 0.717. The summed E-state index contributed by atoms with van der Waals surface area (Å²) < 4.78 is 12.7. The summed E-state index contributed by atoms with van der Waals surface area (Å²) >= 11 is 3.43. The maximum atomic E-state index is 12.7. The average molecular weight is 300 g/mol. The van der Waals surface area contributed by atoms with Crippen molar-refractivity contribution in [3.05, 3.63) is 35.6 Å². The third-order valence-electron chi connectivity index (χ3n) is 3.31. The van der Waals surface area contributed by atoms with Crippen LogP contribution < -0.4 is 5.32 Å². The Balaban J connectivity index is 1.87. The van der Waals surface area contributed by atoms with Crippen LogP contribution in [0.2, 0.25) is 0 Å². The first-order valence-electron chi connectivity index (χ1n) is 5.75. The number of halogens is 2. The van der Waals surface area contributed by atoms with E-state index in [-0.39, 0.29) is 11.7 Å². The van der Waals surface area contributed by atoms with Crippen molar-refractivity contribution in [3.63, 3.8) is 0 Å². The molecule has 1 aliphatic carbocycles. The van der Waals surface area contributed by atoms with Gasteiger partial charge in [-0.1, -0.05) is 15.9 Å². The van der Waals surface area contributed by atoms with E-state index in [0.717, 1.165) is 18.3 Å². The topological polar surface area (TPSA) is 29.1 Å². The molecule has 0 heterocycles. The zero-order chi connectivity index (χ0) is 12.3. The summed E-state index contributed by atoms with van der Waals surface area (Å²) in [6, 6.07) is 5.63. The van der Waals surface area contributed by atoms with Crippen molar-refractivity contribution in [3.8, 4) is 0 Å². The summed E-state index contributed by atoms with van der Waals surface area (Å²) in [5.41, 5.74) is 0.820. The molecule has 1 aromatic carbocycles. The molecule has 92 valence electrons. The van der Waals surface area contributed by atoms with Crippen LogP contribution in [-0.4, -0.2) is 17.8 Å². The van der Waals surface area contributed by atoms with Crippen molar-refractivity contribution >= 4 is 21.8 Å². The number of rotatable bonds is 5. The molecule has 0 atom stereocenters. The van der Waals surface area contributed by atoms with E-state index < -0.39 is 0 Å². The number of hydrogen-bond donors (Lipinski definition) is 1. The van der Waals surface area contributed by atoms with Crippen molar-refractivity contribution in [2.24, 2.45) is 5.41 Å². The molecule has 1 saturated carbocycles. The molecule has 0 aromatic heterocycles. The standard InChI is InChI=1S/C13H15BrFNO/c14-8-7-13(5-6-13)9-16-12(17)10-1-3-11(15)4-2-10/h1-4H,5-9H2,(H,16,17). The van der Waals surface area contributed by atoms with E-state index in [9.17, 15) is 9.18 Å². The number of carbonyl (C=O) groups excluding carboxylic acids is 1. The molecular weight excluding hydrogens is 285 g/mol. The van der Waals surface area contributed by atoms with Crippen molar-refractivity contribution in [2.45, 2.75) is 19.3 Å². The molecule has 0 radical (unpaired) electrons. The number of carbonyl (C=O) groups is 1. The van der Waals surface area contributed by atoms with Gasteiger partial charge >= 0.3 is 0 Å². The van der Waals surface area contributed by atoms with Crippen LogP contribution in [-0.2, 0) is 0 Å². The minimum atomic E-state index is -0.320.